The molecule has 0 radical (unpaired) electrons. The summed E-state index contributed by atoms with van der Waals surface area (Å²) < 4.78 is 0. The highest BCUT2D eigenvalue weighted by Gasteiger charge is 2.17. The average molecular weight is 447 g/mol. The number of rotatable bonds is 6. The zero-order chi connectivity index (χ0) is 22.9. The number of hydrogen-bond donors (Lipinski definition) is 3. The summed E-state index contributed by atoms with van der Waals surface area (Å²) in [5.74, 6) is 0.814. The average Bonchev–Trinajstić information content (AvgIpc) is 3.49. The molecular formula is C28H26N6. The Bertz CT molecular complexity index is 1490. The number of aromatic amines is 2. The van der Waals surface area contributed by atoms with Crippen LogP contribution in [0.2, 0.25) is 0 Å². The number of aryl methyl sites for hydroxylation is 1. The lowest BCUT2D eigenvalue weighted by molar-refractivity contribution is 0.689. The lowest BCUT2D eigenvalue weighted by Crippen LogP contribution is -2.14. The fourth-order valence-corrected chi connectivity index (χ4v) is 4.62. The number of H-pyrrole nitrogens is 2. The van der Waals surface area contributed by atoms with Crippen LogP contribution >= 0.6 is 0 Å². The van der Waals surface area contributed by atoms with Crippen molar-refractivity contribution in [3.05, 3.63) is 95.1 Å². The van der Waals surface area contributed by atoms with Crippen LogP contribution in [0.3, 0.4) is 0 Å². The smallest absolute Gasteiger partial charge is 0.159 e. The van der Waals surface area contributed by atoms with Crippen molar-refractivity contribution in [2.45, 2.75) is 32.9 Å². The van der Waals surface area contributed by atoms with Gasteiger partial charge < -0.3 is 10.3 Å². The Kier molecular flexibility index (Phi) is 5.28. The molecular weight excluding hydrogens is 420 g/mol. The first kappa shape index (κ1) is 20.6. The summed E-state index contributed by atoms with van der Waals surface area (Å²) in [6, 6.07) is 16.9. The van der Waals surface area contributed by atoms with E-state index in [0.717, 1.165) is 65.2 Å². The summed E-state index contributed by atoms with van der Waals surface area (Å²) >= 11 is 0. The van der Waals surface area contributed by atoms with E-state index in [1.165, 1.54) is 22.4 Å². The SMILES string of the molecule is Cc1c(CNCc2ccccc2)cncc1-c1ccc2[nH]nc(-c3nc4c([nH]3)CCC=C4)c2c1. The van der Waals surface area contributed by atoms with Crippen LogP contribution in [0.15, 0.2) is 67.0 Å². The Labute approximate surface area is 198 Å². The minimum Gasteiger partial charge on any atom is -0.340 e. The number of hydrogen-bond acceptors (Lipinski definition) is 4. The van der Waals surface area contributed by atoms with Gasteiger partial charge in [0.2, 0.25) is 0 Å². The third-order valence-corrected chi connectivity index (χ3v) is 6.55. The third-order valence-electron chi connectivity index (χ3n) is 6.55. The highest BCUT2D eigenvalue weighted by Crippen LogP contribution is 2.32. The van der Waals surface area contributed by atoms with Crippen LogP contribution in [0.4, 0.5) is 0 Å². The molecule has 0 saturated carbocycles. The van der Waals surface area contributed by atoms with E-state index in [4.69, 9.17) is 4.98 Å². The van der Waals surface area contributed by atoms with E-state index in [9.17, 15) is 0 Å². The molecule has 168 valence electrons. The predicted octanol–water partition coefficient (Wildman–Crippen LogP) is 5.57. The molecule has 0 fully saturated rings. The number of nitrogens with one attached hydrogen (secondary N) is 3. The van der Waals surface area contributed by atoms with Crippen molar-refractivity contribution < 1.29 is 0 Å². The molecule has 0 saturated heterocycles. The maximum absolute atomic E-state index is 4.79. The minimum atomic E-state index is 0.770. The molecule has 2 aromatic carbocycles. The molecule has 0 atom stereocenters. The van der Waals surface area contributed by atoms with Gasteiger partial charge in [0.25, 0.3) is 0 Å². The Hall–Kier alpha value is -4.03. The molecule has 0 amide bonds. The van der Waals surface area contributed by atoms with Crippen LogP contribution in [0.25, 0.3) is 39.6 Å². The number of aromatic nitrogens is 5. The highest BCUT2D eigenvalue weighted by molar-refractivity contribution is 5.94. The van der Waals surface area contributed by atoms with Gasteiger partial charge in [0, 0.05) is 42.1 Å². The van der Waals surface area contributed by atoms with Crippen molar-refractivity contribution in [1.82, 2.24) is 30.5 Å². The third kappa shape index (κ3) is 3.82. The number of benzene rings is 2. The second-order valence-electron chi connectivity index (χ2n) is 8.78. The monoisotopic (exact) mass is 446 g/mol. The van der Waals surface area contributed by atoms with Crippen LogP contribution in [0.5, 0.6) is 0 Å². The summed E-state index contributed by atoms with van der Waals surface area (Å²) in [6.07, 6.45) is 10.2. The second-order valence-corrected chi connectivity index (χ2v) is 8.78. The van der Waals surface area contributed by atoms with Crippen molar-refractivity contribution in [2.75, 3.05) is 0 Å². The Morgan fingerprint density at radius 2 is 1.94 bits per heavy atom. The second kappa shape index (κ2) is 8.72. The number of allylic oxidation sites excluding steroid dienone is 1. The quantitative estimate of drug-likeness (QED) is 0.318. The topological polar surface area (TPSA) is 82.3 Å². The van der Waals surface area contributed by atoms with E-state index in [0.29, 0.717) is 0 Å². The van der Waals surface area contributed by atoms with E-state index in [2.05, 4.69) is 87.0 Å². The minimum absolute atomic E-state index is 0.770. The number of pyridine rings is 1. The molecule has 6 nitrogen and oxygen atoms in total. The molecule has 0 unspecified atom stereocenters. The molecule has 5 aromatic rings. The van der Waals surface area contributed by atoms with Crippen LogP contribution in [0, 0.1) is 6.92 Å². The van der Waals surface area contributed by atoms with Gasteiger partial charge in [-0.25, -0.2) is 4.98 Å². The summed E-state index contributed by atoms with van der Waals surface area (Å²) in [7, 11) is 0. The first-order valence-corrected chi connectivity index (χ1v) is 11.7. The largest absolute Gasteiger partial charge is 0.340 e. The Balaban J connectivity index is 1.30. The van der Waals surface area contributed by atoms with Crippen LogP contribution < -0.4 is 5.32 Å². The van der Waals surface area contributed by atoms with Gasteiger partial charge in [-0.15, -0.1) is 0 Å². The standard InChI is InChI=1S/C28H26N6/c1-18-21(15-29-14-19-7-3-2-4-8-19)16-30-17-23(18)20-11-12-24-22(13-20)27(34-33-24)28-31-25-9-5-6-10-26(25)32-28/h2-5,7-9,11-13,16-17,29H,6,10,14-15H2,1H3,(H,31,32)(H,33,34). The number of imidazole rings is 1. The molecule has 34 heavy (non-hydrogen) atoms. The molecule has 0 aliphatic heterocycles. The molecule has 0 bridgehead atoms. The van der Waals surface area contributed by atoms with Gasteiger partial charge in [-0.3, -0.25) is 10.1 Å². The zero-order valence-corrected chi connectivity index (χ0v) is 19.1. The van der Waals surface area contributed by atoms with Crippen molar-refractivity contribution >= 4 is 17.0 Å². The molecule has 6 rings (SSSR count). The molecule has 1 aliphatic carbocycles. The predicted molar refractivity (Wildman–Crippen MR) is 136 cm³/mol. The molecule has 1 aliphatic rings. The highest BCUT2D eigenvalue weighted by atomic mass is 15.1. The van der Waals surface area contributed by atoms with Crippen molar-refractivity contribution in [1.29, 1.82) is 0 Å². The number of nitrogens with zero attached hydrogens (tertiary/aromatic N) is 3. The first-order valence-electron chi connectivity index (χ1n) is 11.7. The molecule has 3 heterocycles. The normalized spacial score (nSPS) is 12.9. The number of fused-ring (bicyclic) bond motifs is 2. The summed E-state index contributed by atoms with van der Waals surface area (Å²) in [5, 5.41) is 12.3. The maximum Gasteiger partial charge on any atom is 0.159 e. The van der Waals surface area contributed by atoms with Gasteiger partial charge in [0.15, 0.2) is 5.82 Å². The van der Waals surface area contributed by atoms with Gasteiger partial charge in [0.1, 0.15) is 5.69 Å². The van der Waals surface area contributed by atoms with E-state index in [1.54, 1.807) is 0 Å². The van der Waals surface area contributed by atoms with Crippen LogP contribution in [-0.2, 0) is 19.5 Å². The van der Waals surface area contributed by atoms with E-state index >= 15 is 0 Å². The molecule has 0 spiro atoms. The lowest BCUT2D eigenvalue weighted by atomic mass is 9.98. The first-order chi connectivity index (χ1) is 16.8. The summed E-state index contributed by atoms with van der Waals surface area (Å²) in [5.41, 5.74) is 10.0. The molecule has 3 N–H and O–H groups in total. The van der Waals surface area contributed by atoms with Gasteiger partial charge in [-0.05, 0) is 60.2 Å². The van der Waals surface area contributed by atoms with Crippen molar-refractivity contribution in [3.8, 4) is 22.6 Å². The van der Waals surface area contributed by atoms with Gasteiger partial charge >= 0.3 is 0 Å². The summed E-state index contributed by atoms with van der Waals surface area (Å²) in [6.45, 7) is 3.77. The van der Waals surface area contributed by atoms with E-state index in [-0.39, 0.29) is 0 Å². The Morgan fingerprint density at radius 3 is 2.82 bits per heavy atom. The van der Waals surface area contributed by atoms with Crippen LogP contribution in [-0.4, -0.2) is 25.1 Å². The van der Waals surface area contributed by atoms with E-state index < -0.39 is 0 Å². The fourth-order valence-electron chi connectivity index (χ4n) is 4.62. The maximum atomic E-state index is 4.79. The van der Waals surface area contributed by atoms with Gasteiger partial charge in [-0.2, -0.15) is 5.10 Å². The van der Waals surface area contributed by atoms with Gasteiger partial charge in [0.05, 0.1) is 11.2 Å². The fraction of sp³-hybridized carbons (Fsp3) is 0.179. The summed E-state index contributed by atoms with van der Waals surface area (Å²) in [4.78, 5) is 12.8. The van der Waals surface area contributed by atoms with Crippen LogP contribution in [0.1, 0.15) is 34.5 Å². The molecule has 6 heteroatoms. The Morgan fingerprint density at radius 1 is 1.03 bits per heavy atom. The molecule has 3 aromatic heterocycles. The van der Waals surface area contributed by atoms with E-state index in [1.807, 2.05) is 18.5 Å². The zero-order valence-electron chi connectivity index (χ0n) is 19.1. The van der Waals surface area contributed by atoms with Gasteiger partial charge in [-0.1, -0.05) is 42.5 Å². The lowest BCUT2D eigenvalue weighted by Gasteiger charge is -2.12. The van der Waals surface area contributed by atoms with Crippen molar-refractivity contribution in [2.24, 2.45) is 0 Å². The van der Waals surface area contributed by atoms with Crippen molar-refractivity contribution in [3.63, 3.8) is 0 Å².